The van der Waals surface area contributed by atoms with Crippen LogP contribution in [0.5, 0.6) is 0 Å². The number of nitrogens with one attached hydrogen (secondary N) is 1. The van der Waals surface area contributed by atoms with E-state index in [4.69, 9.17) is 0 Å². The summed E-state index contributed by atoms with van der Waals surface area (Å²) < 4.78 is 0. The molecule has 2 heteroatoms. The second-order valence-corrected chi connectivity index (χ2v) is 6.77. The molecule has 0 aliphatic carbocycles. The second kappa shape index (κ2) is 8.52. The van der Waals surface area contributed by atoms with Crippen LogP contribution in [-0.4, -0.2) is 18.6 Å². The van der Waals surface area contributed by atoms with Gasteiger partial charge in [-0.25, -0.2) is 0 Å². The molecule has 0 heterocycles. The summed E-state index contributed by atoms with van der Waals surface area (Å²) in [6.45, 7) is 10.2. The van der Waals surface area contributed by atoms with Gasteiger partial charge in [-0.1, -0.05) is 39.8 Å². The minimum Gasteiger partial charge on any atom is -0.385 e. The van der Waals surface area contributed by atoms with Crippen molar-refractivity contribution in [3.8, 4) is 0 Å². The molecule has 0 saturated heterocycles. The van der Waals surface area contributed by atoms with Crippen LogP contribution in [0.3, 0.4) is 0 Å². The van der Waals surface area contributed by atoms with E-state index in [0.717, 1.165) is 6.54 Å². The van der Waals surface area contributed by atoms with Gasteiger partial charge < -0.3 is 5.32 Å². The maximum Gasteiger partial charge on any atom is 0.0375 e. The molecule has 1 nitrogen and oxygen atoms in total. The van der Waals surface area contributed by atoms with E-state index in [1.54, 1.807) is 0 Å². The first-order valence-corrected chi connectivity index (χ1v) is 8.82. The highest BCUT2D eigenvalue weighted by Crippen LogP contribution is 2.28. The average Bonchev–Trinajstić information content (AvgIpc) is 2.38. The highest BCUT2D eigenvalue weighted by molar-refractivity contribution is 7.98. The van der Waals surface area contributed by atoms with E-state index in [-0.39, 0.29) is 0 Å². The molecule has 0 saturated carbocycles. The zero-order valence-electron chi connectivity index (χ0n) is 13.1. The number of rotatable bonds is 8. The third kappa shape index (κ3) is 5.48. The molecule has 0 atom stereocenters. The van der Waals surface area contributed by atoms with Crippen LogP contribution in [0, 0.1) is 0 Å². The standard InChI is InChI=1S/C17H29NS/c1-13(2)15-8-9-17(16(12-15)14(3)4)18-10-6-7-11-19-5/h8-9,12-14,18H,6-7,10-11H2,1-5H3. The van der Waals surface area contributed by atoms with Crippen molar-refractivity contribution in [2.45, 2.75) is 52.4 Å². The lowest BCUT2D eigenvalue weighted by Gasteiger charge is -2.17. The summed E-state index contributed by atoms with van der Waals surface area (Å²) >= 11 is 1.93. The fourth-order valence-corrected chi connectivity index (χ4v) is 2.67. The van der Waals surface area contributed by atoms with Crippen molar-refractivity contribution in [1.82, 2.24) is 0 Å². The fourth-order valence-electron chi connectivity index (χ4n) is 2.17. The van der Waals surface area contributed by atoms with E-state index in [0.29, 0.717) is 11.8 Å². The number of hydrogen-bond acceptors (Lipinski definition) is 2. The van der Waals surface area contributed by atoms with Gasteiger partial charge in [0.25, 0.3) is 0 Å². The predicted molar refractivity (Wildman–Crippen MR) is 90.7 cm³/mol. The van der Waals surface area contributed by atoms with Crippen molar-refractivity contribution < 1.29 is 0 Å². The first kappa shape index (κ1) is 16.4. The largest absolute Gasteiger partial charge is 0.385 e. The van der Waals surface area contributed by atoms with Crippen molar-refractivity contribution >= 4 is 17.4 Å². The van der Waals surface area contributed by atoms with Gasteiger partial charge in [0.15, 0.2) is 0 Å². The molecule has 0 radical (unpaired) electrons. The lowest BCUT2D eigenvalue weighted by atomic mass is 9.94. The minimum absolute atomic E-state index is 0.576. The number of thioether (sulfide) groups is 1. The van der Waals surface area contributed by atoms with Gasteiger partial charge in [-0.15, -0.1) is 0 Å². The smallest absolute Gasteiger partial charge is 0.0375 e. The molecule has 1 N–H and O–H groups in total. The van der Waals surface area contributed by atoms with Crippen molar-refractivity contribution in [2.24, 2.45) is 0 Å². The Morgan fingerprint density at radius 1 is 1.05 bits per heavy atom. The molecule has 19 heavy (non-hydrogen) atoms. The van der Waals surface area contributed by atoms with Crippen molar-refractivity contribution in [3.63, 3.8) is 0 Å². The number of anilines is 1. The van der Waals surface area contributed by atoms with E-state index in [1.807, 2.05) is 11.8 Å². The molecule has 1 rings (SSSR count). The van der Waals surface area contributed by atoms with Gasteiger partial charge in [0.2, 0.25) is 0 Å². The van der Waals surface area contributed by atoms with E-state index < -0.39 is 0 Å². The Morgan fingerprint density at radius 3 is 2.37 bits per heavy atom. The first-order chi connectivity index (χ1) is 9.06. The van der Waals surface area contributed by atoms with Crippen molar-refractivity contribution in [1.29, 1.82) is 0 Å². The summed E-state index contributed by atoms with van der Waals surface area (Å²) in [6.07, 6.45) is 4.73. The molecule has 0 aromatic heterocycles. The first-order valence-electron chi connectivity index (χ1n) is 7.43. The Morgan fingerprint density at radius 2 is 1.79 bits per heavy atom. The van der Waals surface area contributed by atoms with Crippen LogP contribution < -0.4 is 5.32 Å². The number of hydrogen-bond donors (Lipinski definition) is 1. The maximum absolute atomic E-state index is 3.61. The van der Waals surface area contributed by atoms with Crippen LogP contribution in [-0.2, 0) is 0 Å². The molecule has 1 aromatic carbocycles. The van der Waals surface area contributed by atoms with Crippen molar-refractivity contribution in [3.05, 3.63) is 29.3 Å². The summed E-state index contributed by atoms with van der Waals surface area (Å²) in [5, 5.41) is 3.61. The Kier molecular flexibility index (Phi) is 7.37. The predicted octanol–water partition coefficient (Wildman–Crippen LogP) is 5.49. The topological polar surface area (TPSA) is 12.0 Å². The van der Waals surface area contributed by atoms with Crippen LogP contribution >= 0.6 is 11.8 Å². The third-order valence-corrected chi connectivity index (χ3v) is 4.15. The molecule has 1 aromatic rings. The SMILES string of the molecule is CSCCCCNc1ccc(C(C)C)cc1C(C)C. The highest BCUT2D eigenvalue weighted by Gasteiger charge is 2.09. The lowest BCUT2D eigenvalue weighted by molar-refractivity contribution is 0.820. The Hall–Kier alpha value is -0.630. The van der Waals surface area contributed by atoms with Crippen LogP contribution in [0.2, 0.25) is 0 Å². The summed E-state index contributed by atoms with van der Waals surface area (Å²) in [5.74, 6) is 2.45. The highest BCUT2D eigenvalue weighted by atomic mass is 32.2. The molecule has 0 bridgehead atoms. The second-order valence-electron chi connectivity index (χ2n) is 5.78. The zero-order valence-corrected chi connectivity index (χ0v) is 13.9. The van der Waals surface area contributed by atoms with Crippen LogP contribution in [0.4, 0.5) is 5.69 Å². The van der Waals surface area contributed by atoms with Gasteiger partial charge in [0.1, 0.15) is 0 Å². The number of unbranched alkanes of at least 4 members (excludes halogenated alkanes) is 1. The minimum atomic E-state index is 0.576. The molecule has 108 valence electrons. The summed E-state index contributed by atoms with van der Waals surface area (Å²) in [7, 11) is 0. The lowest BCUT2D eigenvalue weighted by Crippen LogP contribution is -2.06. The summed E-state index contributed by atoms with van der Waals surface area (Å²) in [6, 6.07) is 6.90. The molecule has 0 amide bonds. The molecular formula is C17H29NS. The molecule has 0 fully saturated rings. The molecule has 0 aliphatic heterocycles. The van der Waals surface area contributed by atoms with Gasteiger partial charge >= 0.3 is 0 Å². The van der Waals surface area contributed by atoms with E-state index >= 15 is 0 Å². The average molecular weight is 279 g/mol. The Balaban J connectivity index is 2.66. The fraction of sp³-hybridized carbons (Fsp3) is 0.647. The van der Waals surface area contributed by atoms with Crippen LogP contribution in [0.15, 0.2) is 18.2 Å². The molecule has 0 aliphatic rings. The van der Waals surface area contributed by atoms with Crippen molar-refractivity contribution in [2.75, 3.05) is 23.9 Å². The Bertz CT molecular complexity index is 372. The van der Waals surface area contributed by atoms with Gasteiger partial charge in [-0.3, -0.25) is 0 Å². The summed E-state index contributed by atoms with van der Waals surface area (Å²) in [4.78, 5) is 0. The Labute approximate surface area is 123 Å². The molecule has 0 unspecified atom stereocenters. The quantitative estimate of drug-likeness (QED) is 0.632. The van der Waals surface area contributed by atoms with E-state index in [1.165, 1.54) is 35.4 Å². The van der Waals surface area contributed by atoms with E-state index in [2.05, 4.69) is 57.5 Å². The zero-order chi connectivity index (χ0) is 14.3. The van der Waals surface area contributed by atoms with Gasteiger partial charge in [-0.2, -0.15) is 11.8 Å². The monoisotopic (exact) mass is 279 g/mol. The third-order valence-electron chi connectivity index (χ3n) is 3.45. The van der Waals surface area contributed by atoms with Gasteiger partial charge in [-0.05, 0) is 53.9 Å². The molecule has 0 spiro atoms. The molecular weight excluding hydrogens is 250 g/mol. The normalized spacial score (nSPS) is 11.3. The summed E-state index contributed by atoms with van der Waals surface area (Å²) in [5.41, 5.74) is 4.22. The van der Waals surface area contributed by atoms with Crippen LogP contribution in [0.1, 0.15) is 63.5 Å². The van der Waals surface area contributed by atoms with Gasteiger partial charge in [0, 0.05) is 12.2 Å². The number of benzene rings is 1. The van der Waals surface area contributed by atoms with Gasteiger partial charge in [0.05, 0.1) is 0 Å². The van der Waals surface area contributed by atoms with E-state index in [9.17, 15) is 0 Å². The van der Waals surface area contributed by atoms with Crippen LogP contribution in [0.25, 0.3) is 0 Å². The maximum atomic E-state index is 3.61.